The van der Waals surface area contributed by atoms with Gasteiger partial charge in [0.25, 0.3) is 0 Å². The van der Waals surface area contributed by atoms with Gasteiger partial charge in [-0.15, -0.1) is 0 Å². The van der Waals surface area contributed by atoms with E-state index < -0.39 is 6.10 Å². The number of hydrogen-bond acceptors (Lipinski definition) is 6. The number of halogens is 2. The molecule has 0 bridgehead atoms. The van der Waals surface area contributed by atoms with Crippen LogP contribution in [0.5, 0.6) is 11.5 Å². The van der Waals surface area contributed by atoms with Gasteiger partial charge in [0.1, 0.15) is 0 Å². The predicted octanol–water partition coefficient (Wildman–Crippen LogP) is 5.14. The Balaban J connectivity index is 1.19. The van der Waals surface area contributed by atoms with Crippen LogP contribution in [-0.4, -0.2) is 47.7 Å². The van der Waals surface area contributed by atoms with Crippen LogP contribution < -0.4 is 5.32 Å². The molecular weight excluding hydrogens is 465 g/mol. The molecule has 33 heavy (non-hydrogen) atoms. The fraction of sp³-hybridized carbons (Fsp3) is 0.520. The van der Waals surface area contributed by atoms with Gasteiger partial charge in [0, 0.05) is 33.8 Å². The van der Waals surface area contributed by atoms with E-state index >= 15 is 0 Å². The van der Waals surface area contributed by atoms with Crippen molar-refractivity contribution in [3.8, 4) is 11.5 Å². The molecule has 2 atom stereocenters. The Morgan fingerprint density at radius 3 is 2.42 bits per heavy atom. The fourth-order valence-electron chi connectivity index (χ4n) is 4.10. The monoisotopic (exact) mass is 497 g/mol. The van der Waals surface area contributed by atoms with Crippen LogP contribution in [0.2, 0.25) is 10.0 Å². The van der Waals surface area contributed by atoms with Gasteiger partial charge in [-0.2, -0.15) is 0 Å². The van der Waals surface area contributed by atoms with Crippen molar-refractivity contribution in [1.29, 1.82) is 0 Å². The number of rotatable bonds is 13. The standard InChI is InChI=1S/C25H33Cl2NO5/c26-20-6-5-7-21(27)19(20)16-33-15-14-32-13-4-2-1-3-12-28-22-10-8-18-17(24(22)30)9-11-23(29)25(18)31/h5-7,9,11,22,24,28-31H,1-4,8,10,12-16H2/t22-,24-/m1/s1. The van der Waals surface area contributed by atoms with Crippen LogP contribution >= 0.6 is 23.2 Å². The van der Waals surface area contributed by atoms with Crippen molar-refractivity contribution < 1.29 is 24.8 Å². The maximum Gasteiger partial charge on any atom is 0.161 e. The highest BCUT2D eigenvalue weighted by molar-refractivity contribution is 6.35. The summed E-state index contributed by atoms with van der Waals surface area (Å²) in [6.07, 6.45) is 4.88. The zero-order valence-electron chi connectivity index (χ0n) is 18.7. The molecule has 1 aliphatic rings. The summed E-state index contributed by atoms with van der Waals surface area (Å²) in [6.45, 7) is 2.95. The quantitative estimate of drug-likeness (QED) is 0.226. The number of phenols is 2. The van der Waals surface area contributed by atoms with Crippen molar-refractivity contribution in [2.45, 2.75) is 57.3 Å². The molecule has 2 aromatic carbocycles. The highest BCUT2D eigenvalue weighted by atomic mass is 35.5. The van der Waals surface area contributed by atoms with Crippen LogP contribution in [0.3, 0.4) is 0 Å². The molecule has 0 fully saturated rings. The Kier molecular flexibility index (Phi) is 10.6. The number of phenolic OH excluding ortho intramolecular Hbond substituents is 2. The first-order valence-electron chi connectivity index (χ1n) is 11.5. The molecule has 0 aliphatic heterocycles. The second-order valence-corrected chi connectivity index (χ2v) is 9.14. The van der Waals surface area contributed by atoms with E-state index in [9.17, 15) is 15.3 Å². The number of aliphatic hydroxyl groups excluding tert-OH is 1. The smallest absolute Gasteiger partial charge is 0.161 e. The largest absolute Gasteiger partial charge is 0.504 e. The van der Waals surface area contributed by atoms with E-state index in [1.54, 1.807) is 18.2 Å². The Morgan fingerprint density at radius 2 is 1.64 bits per heavy atom. The molecule has 0 spiro atoms. The Morgan fingerprint density at radius 1 is 0.909 bits per heavy atom. The molecule has 182 valence electrons. The maximum absolute atomic E-state index is 10.6. The summed E-state index contributed by atoms with van der Waals surface area (Å²) >= 11 is 12.2. The lowest BCUT2D eigenvalue weighted by Crippen LogP contribution is -2.38. The lowest BCUT2D eigenvalue weighted by atomic mass is 9.85. The number of benzene rings is 2. The first kappa shape index (κ1) is 26.1. The van der Waals surface area contributed by atoms with Crippen LogP contribution in [0, 0.1) is 0 Å². The number of fused-ring (bicyclic) bond motifs is 1. The normalized spacial score (nSPS) is 17.8. The third kappa shape index (κ3) is 7.47. The third-order valence-corrected chi connectivity index (χ3v) is 6.71. The van der Waals surface area contributed by atoms with E-state index in [1.807, 2.05) is 6.07 Å². The summed E-state index contributed by atoms with van der Waals surface area (Å²) in [5.41, 5.74) is 2.15. The Labute approximate surface area is 205 Å². The van der Waals surface area contributed by atoms with E-state index in [1.165, 1.54) is 6.07 Å². The molecule has 0 amide bonds. The van der Waals surface area contributed by atoms with E-state index in [4.69, 9.17) is 32.7 Å². The molecule has 0 unspecified atom stereocenters. The van der Waals surface area contributed by atoms with E-state index in [0.717, 1.165) is 44.2 Å². The number of ether oxygens (including phenoxy) is 2. The number of aliphatic hydroxyl groups is 1. The molecule has 4 N–H and O–H groups in total. The molecule has 6 nitrogen and oxygen atoms in total. The van der Waals surface area contributed by atoms with Crippen LogP contribution in [0.4, 0.5) is 0 Å². The van der Waals surface area contributed by atoms with Crippen molar-refractivity contribution in [1.82, 2.24) is 5.32 Å². The first-order valence-corrected chi connectivity index (χ1v) is 12.3. The maximum atomic E-state index is 10.6. The molecule has 8 heteroatoms. The van der Waals surface area contributed by atoms with Crippen molar-refractivity contribution in [3.63, 3.8) is 0 Å². The molecule has 3 rings (SSSR count). The van der Waals surface area contributed by atoms with Crippen molar-refractivity contribution >= 4 is 23.2 Å². The zero-order valence-corrected chi connectivity index (χ0v) is 20.2. The lowest BCUT2D eigenvalue weighted by molar-refractivity contribution is 0.0393. The number of hydrogen-bond donors (Lipinski definition) is 4. The predicted molar refractivity (Wildman–Crippen MR) is 130 cm³/mol. The average Bonchev–Trinajstić information content (AvgIpc) is 2.80. The SMILES string of the molecule is Oc1ccc2c(c1O)CC[C@@H](NCCCCCCOCCOCc1c(Cl)cccc1Cl)[C@@H]2O. The first-order chi connectivity index (χ1) is 16.0. The molecule has 0 radical (unpaired) electrons. The Hall–Kier alpha value is -1.54. The van der Waals surface area contributed by atoms with Crippen LogP contribution in [-0.2, 0) is 22.5 Å². The molecule has 0 saturated carbocycles. The van der Waals surface area contributed by atoms with Crippen LogP contribution in [0.15, 0.2) is 30.3 Å². The van der Waals surface area contributed by atoms with Crippen molar-refractivity contribution in [2.24, 2.45) is 0 Å². The van der Waals surface area contributed by atoms with Crippen LogP contribution in [0.25, 0.3) is 0 Å². The number of aromatic hydroxyl groups is 2. The second-order valence-electron chi connectivity index (χ2n) is 8.32. The third-order valence-electron chi connectivity index (χ3n) is 6.00. The number of nitrogens with one attached hydrogen (secondary N) is 1. The van der Waals surface area contributed by atoms with Gasteiger partial charge in [-0.1, -0.05) is 48.2 Å². The van der Waals surface area contributed by atoms with E-state index in [0.29, 0.717) is 54.0 Å². The summed E-state index contributed by atoms with van der Waals surface area (Å²) in [7, 11) is 0. The molecule has 0 saturated heterocycles. The summed E-state index contributed by atoms with van der Waals surface area (Å²) in [4.78, 5) is 0. The molecule has 0 aromatic heterocycles. The van der Waals surface area contributed by atoms with Gasteiger partial charge < -0.3 is 30.1 Å². The molecule has 0 heterocycles. The highest BCUT2D eigenvalue weighted by Gasteiger charge is 2.29. The zero-order chi connectivity index (χ0) is 23.6. The summed E-state index contributed by atoms with van der Waals surface area (Å²) in [5.74, 6) is -0.241. The van der Waals surface area contributed by atoms with Gasteiger partial charge >= 0.3 is 0 Å². The molecule has 1 aliphatic carbocycles. The average molecular weight is 498 g/mol. The topological polar surface area (TPSA) is 91.2 Å². The lowest BCUT2D eigenvalue weighted by Gasteiger charge is -2.31. The van der Waals surface area contributed by atoms with E-state index in [2.05, 4.69) is 5.32 Å². The second kappa shape index (κ2) is 13.4. The van der Waals surface area contributed by atoms with Crippen molar-refractivity contribution in [3.05, 3.63) is 57.1 Å². The van der Waals surface area contributed by atoms with Crippen molar-refractivity contribution in [2.75, 3.05) is 26.4 Å². The number of unbranched alkanes of at least 4 members (excludes halogenated alkanes) is 3. The molecular formula is C25H33Cl2NO5. The van der Waals surface area contributed by atoms with Gasteiger partial charge in [0.05, 0.1) is 25.9 Å². The fourth-order valence-corrected chi connectivity index (χ4v) is 4.61. The summed E-state index contributed by atoms with van der Waals surface area (Å²) in [5, 5.41) is 34.9. The minimum Gasteiger partial charge on any atom is -0.504 e. The minimum atomic E-state index is -0.676. The Bertz CT molecular complexity index is 875. The van der Waals surface area contributed by atoms with Gasteiger partial charge in [-0.25, -0.2) is 0 Å². The van der Waals surface area contributed by atoms with Crippen LogP contribution in [0.1, 0.15) is 54.9 Å². The molecule has 2 aromatic rings. The summed E-state index contributed by atoms with van der Waals surface area (Å²) in [6, 6.07) is 8.50. The van der Waals surface area contributed by atoms with E-state index in [-0.39, 0.29) is 17.5 Å². The van der Waals surface area contributed by atoms with Gasteiger partial charge in [0.15, 0.2) is 11.5 Å². The van der Waals surface area contributed by atoms with Gasteiger partial charge in [-0.3, -0.25) is 0 Å². The summed E-state index contributed by atoms with van der Waals surface area (Å²) < 4.78 is 11.2. The van der Waals surface area contributed by atoms with Gasteiger partial charge in [0.2, 0.25) is 0 Å². The minimum absolute atomic E-state index is 0.0366. The van der Waals surface area contributed by atoms with Gasteiger partial charge in [-0.05, 0) is 56.0 Å². The highest BCUT2D eigenvalue weighted by Crippen LogP contribution is 2.39.